The zero-order valence-electron chi connectivity index (χ0n) is 15.5. The molecule has 2 aromatic rings. The standard InChI is InChI=1S/C20H19N3O6/c24-20(21-9-2-1-3-10-21)8-7-15-5-4-6-18(11-15)29-19-13-16(22(25)26)12-17(14-19)23(27)28/h4-8,11-14H,1-3,9-10H2. The van der Waals surface area contributed by atoms with E-state index < -0.39 is 21.2 Å². The summed E-state index contributed by atoms with van der Waals surface area (Å²) in [7, 11) is 0. The van der Waals surface area contributed by atoms with Gasteiger partial charge >= 0.3 is 0 Å². The molecule has 0 saturated carbocycles. The van der Waals surface area contributed by atoms with Crippen molar-refractivity contribution in [1.82, 2.24) is 4.90 Å². The summed E-state index contributed by atoms with van der Waals surface area (Å²) in [5, 5.41) is 22.0. The normalized spacial score (nSPS) is 14.0. The van der Waals surface area contributed by atoms with Gasteiger partial charge < -0.3 is 9.64 Å². The molecule has 150 valence electrons. The smallest absolute Gasteiger partial charge is 0.280 e. The molecule has 0 unspecified atom stereocenters. The Balaban J connectivity index is 1.76. The van der Waals surface area contributed by atoms with E-state index in [9.17, 15) is 25.0 Å². The van der Waals surface area contributed by atoms with Crippen molar-refractivity contribution in [2.45, 2.75) is 19.3 Å². The van der Waals surface area contributed by atoms with Crippen molar-refractivity contribution in [3.63, 3.8) is 0 Å². The molecule has 0 N–H and O–H groups in total. The van der Waals surface area contributed by atoms with Crippen LogP contribution in [0.15, 0.2) is 48.5 Å². The maximum absolute atomic E-state index is 12.2. The van der Waals surface area contributed by atoms with Crippen LogP contribution in [0, 0.1) is 20.2 Å². The quantitative estimate of drug-likeness (QED) is 0.407. The number of benzene rings is 2. The van der Waals surface area contributed by atoms with Crippen LogP contribution in [0.1, 0.15) is 24.8 Å². The second kappa shape index (κ2) is 8.96. The molecule has 3 rings (SSSR count). The lowest BCUT2D eigenvalue weighted by Crippen LogP contribution is -2.34. The first-order valence-corrected chi connectivity index (χ1v) is 9.11. The molecule has 9 heteroatoms. The molecule has 9 nitrogen and oxygen atoms in total. The Bertz CT molecular complexity index is 934. The molecule has 0 radical (unpaired) electrons. The number of amides is 1. The number of nitro groups is 2. The topological polar surface area (TPSA) is 116 Å². The molecule has 0 aromatic heterocycles. The molecule has 0 aliphatic carbocycles. The van der Waals surface area contributed by atoms with Crippen molar-refractivity contribution in [2.24, 2.45) is 0 Å². The van der Waals surface area contributed by atoms with Gasteiger partial charge in [0.2, 0.25) is 5.91 Å². The van der Waals surface area contributed by atoms with Gasteiger partial charge in [-0.25, -0.2) is 0 Å². The van der Waals surface area contributed by atoms with Gasteiger partial charge in [0.1, 0.15) is 11.5 Å². The second-order valence-corrected chi connectivity index (χ2v) is 6.59. The van der Waals surface area contributed by atoms with Crippen LogP contribution in [0.25, 0.3) is 6.08 Å². The molecule has 1 heterocycles. The third kappa shape index (κ3) is 5.38. The van der Waals surface area contributed by atoms with E-state index in [1.54, 1.807) is 30.3 Å². The Labute approximate surface area is 166 Å². The summed E-state index contributed by atoms with van der Waals surface area (Å²) in [4.78, 5) is 34.6. The number of likely N-dealkylation sites (tertiary alicyclic amines) is 1. The molecular weight excluding hydrogens is 378 g/mol. The lowest BCUT2D eigenvalue weighted by atomic mass is 10.1. The second-order valence-electron chi connectivity index (χ2n) is 6.59. The van der Waals surface area contributed by atoms with Crippen molar-refractivity contribution >= 4 is 23.4 Å². The number of carbonyl (C=O) groups is 1. The van der Waals surface area contributed by atoms with E-state index in [4.69, 9.17) is 4.74 Å². The first-order valence-electron chi connectivity index (χ1n) is 9.11. The Kier molecular flexibility index (Phi) is 6.18. The minimum absolute atomic E-state index is 0.0172. The van der Waals surface area contributed by atoms with Crippen LogP contribution in [0.2, 0.25) is 0 Å². The summed E-state index contributed by atoms with van der Waals surface area (Å²) in [5.41, 5.74) is -0.164. The van der Waals surface area contributed by atoms with Gasteiger partial charge in [-0.15, -0.1) is 0 Å². The van der Waals surface area contributed by atoms with Gasteiger partial charge in [0.15, 0.2) is 0 Å². The highest BCUT2D eigenvalue weighted by Crippen LogP contribution is 2.31. The third-order valence-corrected chi connectivity index (χ3v) is 4.48. The summed E-state index contributed by atoms with van der Waals surface area (Å²) >= 11 is 0. The maximum Gasteiger partial charge on any atom is 0.280 e. The van der Waals surface area contributed by atoms with Crippen LogP contribution in [0.3, 0.4) is 0 Å². The first-order chi connectivity index (χ1) is 13.9. The van der Waals surface area contributed by atoms with Crippen LogP contribution in [-0.2, 0) is 4.79 Å². The predicted octanol–water partition coefficient (Wildman–Crippen LogP) is 4.32. The van der Waals surface area contributed by atoms with Crippen LogP contribution < -0.4 is 4.74 Å². The minimum Gasteiger partial charge on any atom is -0.457 e. The van der Waals surface area contributed by atoms with Crippen molar-refractivity contribution in [2.75, 3.05) is 13.1 Å². The molecule has 0 atom stereocenters. The van der Waals surface area contributed by atoms with Crippen LogP contribution in [0.5, 0.6) is 11.5 Å². The zero-order valence-corrected chi connectivity index (χ0v) is 15.5. The Morgan fingerprint density at radius 2 is 1.59 bits per heavy atom. The minimum atomic E-state index is -0.717. The summed E-state index contributed by atoms with van der Waals surface area (Å²) < 4.78 is 5.59. The number of piperidine rings is 1. The molecule has 29 heavy (non-hydrogen) atoms. The number of hydrogen-bond donors (Lipinski definition) is 0. The van der Waals surface area contributed by atoms with E-state index in [2.05, 4.69) is 0 Å². The van der Waals surface area contributed by atoms with Crippen LogP contribution >= 0.6 is 0 Å². The fourth-order valence-electron chi connectivity index (χ4n) is 3.04. The van der Waals surface area contributed by atoms with Gasteiger partial charge in [-0.1, -0.05) is 12.1 Å². The molecule has 1 fully saturated rings. The van der Waals surface area contributed by atoms with Gasteiger partial charge in [0.05, 0.1) is 28.0 Å². The summed E-state index contributed by atoms with van der Waals surface area (Å²) in [6.07, 6.45) is 6.33. The van der Waals surface area contributed by atoms with E-state index in [1.165, 1.54) is 6.08 Å². The molecule has 1 aliphatic heterocycles. The Morgan fingerprint density at radius 1 is 0.931 bits per heavy atom. The van der Waals surface area contributed by atoms with E-state index in [-0.39, 0.29) is 11.7 Å². The van der Waals surface area contributed by atoms with Crippen LogP contribution in [0.4, 0.5) is 11.4 Å². The number of carbonyl (C=O) groups excluding carboxylic acids is 1. The Hall–Kier alpha value is -3.75. The number of nitrogens with zero attached hydrogens (tertiary/aromatic N) is 3. The van der Waals surface area contributed by atoms with Crippen LogP contribution in [-0.4, -0.2) is 33.7 Å². The van der Waals surface area contributed by atoms with Crippen molar-refractivity contribution < 1.29 is 19.4 Å². The van der Waals surface area contributed by atoms with E-state index >= 15 is 0 Å². The number of rotatable bonds is 6. The van der Waals surface area contributed by atoms with E-state index in [0.717, 1.165) is 50.6 Å². The summed E-state index contributed by atoms with van der Waals surface area (Å²) in [6.45, 7) is 1.52. The highest BCUT2D eigenvalue weighted by atomic mass is 16.6. The Morgan fingerprint density at radius 3 is 2.21 bits per heavy atom. The maximum atomic E-state index is 12.2. The van der Waals surface area contributed by atoms with Gasteiger partial charge in [-0.3, -0.25) is 25.0 Å². The summed E-state index contributed by atoms with van der Waals surface area (Å²) in [6, 6.07) is 9.86. The first kappa shape index (κ1) is 20.0. The predicted molar refractivity (Wildman–Crippen MR) is 106 cm³/mol. The van der Waals surface area contributed by atoms with E-state index in [1.807, 2.05) is 4.90 Å². The molecular formula is C20H19N3O6. The van der Waals surface area contributed by atoms with Crippen molar-refractivity contribution in [3.8, 4) is 11.5 Å². The number of nitro benzene ring substituents is 2. The summed E-state index contributed by atoms with van der Waals surface area (Å²) in [5.74, 6) is 0.272. The number of non-ortho nitro benzene ring substituents is 2. The highest BCUT2D eigenvalue weighted by molar-refractivity contribution is 5.91. The highest BCUT2D eigenvalue weighted by Gasteiger charge is 2.18. The third-order valence-electron chi connectivity index (χ3n) is 4.48. The van der Waals surface area contributed by atoms with Gasteiger partial charge in [0, 0.05) is 19.2 Å². The lowest BCUT2D eigenvalue weighted by Gasteiger charge is -2.25. The lowest BCUT2D eigenvalue weighted by molar-refractivity contribution is -0.394. The zero-order chi connectivity index (χ0) is 20.8. The largest absolute Gasteiger partial charge is 0.457 e. The van der Waals surface area contributed by atoms with Gasteiger partial charge in [-0.2, -0.15) is 0 Å². The molecule has 1 aliphatic rings. The molecule has 1 amide bonds. The van der Waals surface area contributed by atoms with Gasteiger partial charge in [0.25, 0.3) is 11.4 Å². The molecule has 0 bridgehead atoms. The van der Waals surface area contributed by atoms with Gasteiger partial charge in [-0.05, 0) is 43.0 Å². The van der Waals surface area contributed by atoms with Crippen molar-refractivity contribution in [3.05, 3.63) is 74.3 Å². The van der Waals surface area contributed by atoms with E-state index in [0.29, 0.717) is 11.3 Å². The average molecular weight is 397 g/mol. The molecule has 1 saturated heterocycles. The number of ether oxygens (including phenoxy) is 1. The molecule has 2 aromatic carbocycles. The number of hydrogen-bond acceptors (Lipinski definition) is 6. The molecule has 0 spiro atoms. The van der Waals surface area contributed by atoms with Crippen molar-refractivity contribution in [1.29, 1.82) is 0 Å². The SMILES string of the molecule is O=C(C=Cc1cccc(Oc2cc([N+](=O)[O-])cc([N+](=O)[O-])c2)c1)N1CCCCC1. The fraction of sp³-hybridized carbons (Fsp3) is 0.250. The monoisotopic (exact) mass is 397 g/mol. The fourth-order valence-corrected chi connectivity index (χ4v) is 3.04. The average Bonchev–Trinajstić information content (AvgIpc) is 2.72.